The van der Waals surface area contributed by atoms with Crippen LogP contribution in [0.25, 0.3) is 6.08 Å². The second kappa shape index (κ2) is 9.02. The van der Waals surface area contributed by atoms with Crippen molar-refractivity contribution in [1.29, 1.82) is 0 Å². The van der Waals surface area contributed by atoms with Crippen LogP contribution in [0.4, 0.5) is 22.7 Å². The minimum Gasteiger partial charge on any atom is -0.351 e. The number of nitro groups is 1. The van der Waals surface area contributed by atoms with E-state index in [1.54, 1.807) is 24.3 Å². The van der Waals surface area contributed by atoms with Gasteiger partial charge < -0.3 is 10.2 Å². The largest absolute Gasteiger partial charge is 0.351 e. The number of imide groups is 1. The summed E-state index contributed by atoms with van der Waals surface area (Å²) in [6.45, 7) is 1.43. The van der Waals surface area contributed by atoms with Gasteiger partial charge in [0, 0.05) is 29.1 Å². The first-order valence-corrected chi connectivity index (χ1v) is 12.4. The summed E-state index contributed by atoms with van der Waals surface area (Å²) >= 11 is 0. The molecule has 0 aliphatic carbocycles. The highest BCUT2D eigenvalue weighted by Crippen LogP contribution is 2.49. The summed E-state index contributed by atoms with van der Waals surface area (Å²) in [5.41, 5.74) is 2.61. The molecule has 4 atom stereocenters. The van der Waals surface area contributed by atoms with Gasteiger partial charge >= 0.3 is 0 Å². The molecule has 0 spiro atoms. The average Bonchev–Trinajstić information content (AvgIpc) is 3.41. The van der Waals surface area contributed by atoms with Gasteiger partial charge in [0.1, 0.15) is 6.04 Å². The third kappa shape index (κ3) is 3.80. The Kier molecular flexibility index (Phi) is 5.60. The van der Waals surface area contributed by atoms with Crippen LogP contribution in [0.2, 0.25) is 0 Å². The Morgan fingerprint density at radius 2 is 1.56 bits per heavy atom. The fraction of sp³-hybridized carbons (Fsp3) is 0.172. The number of rotatable bonds is 5. The van der Waals surface area contributed by atoms with E-state index in [9.17, 15) is 29.3 Å². The second-order valence-electron chi connectivity index (χ2n) is 9.72. The molecule has 10 nitrogen and oxygen atoms in total. The summed E-state index contributed by atoms with van der Waals surface area (Å²) in [7, 11) is 0. The van der Waals surface area contributed by atoms with E-state index in [1.165, 1.54) is 31.2 Å². The molecule has 3 heterocycles. The molecule has 6 rings (SSSR count). The van der Waals surface area contributed by atoms with E-state index >= 15 is 0 Å². The molecule has 2 saturated heterocycles. The number of benzene rings is 3. The molecule has 10 heteroatoms. The first-order chi connectivity index (χ1) is 18.8. The van der Waals surface area contributed by atoms with Gasteiger partial charge in [0.2, 0.25) is 17.7 Å². The van der Waals surface area contributed by atoms with Crippen LogP contribution in [0.15, 0.2) is 78.9 Å². The Balaban J connectivity index is 1.39. The first kappa shape index (κ1) is 24.2. The first-order valence-electron chi connectivity index (χ1n) is 12.4. The van der Waals surface area contributed by atoms with Crippen molar-refractivity contribution in [1.82, 2.24) is 0 Å². The molecule has 0 unspecified atom stereocenters. The van der Waals surface area contributed by atoms with Crippen molar-refractivity contribution in [3.63, 3.8) is 0 Å². The maximum Gasteiger partial charge on any atom is 0.269 e. The monoisotopic (exact) mass is 522 g/mol. The van der Waals surface area contributed by atoms with E-state index in [1.807, 2.05) is 41.3 Å². The van der Waals surface area contributed by atoms with Crippen LogP contribution in [0.5, 0.6) is 0 Å². The molecule has 3 aliphatic rings. The van der Waals surface area contributed by atoms with E-state index in [0.717, 1.165) is 16.2 Å². The molecule has 194 valence electrons. The van der Waals surface area contributed by atoms with Gasteiger partial charge in [0.15, 0.2) is 5.78 Å². The molecule has 0 bridgehead atoms. The molecule has 0 aromatic heterocycles. The van der Waals surface area contributed by atoms with Gasteiger partial charge in [-0.1, -0.05) is 30.4 Å². The summed E-state index contributed by atoms with van der Waals surface area (Å²) in [6.07, 6.45) is 3.75. The van der Waals surface area contributed by atoms with Crippen LogP contribution in [0, 0.1) is 22.0 Å². The molecule has 2 fully saturated rings. The van der Waals surface area contributed by atoms with Gasteiger partial charge in [-0.05, 0) is 55.0 Å². The molecule has 39 heavy (non-hydrogen) atoms. The van der Waals surface area contributed by atoms with Crippen molar-refractivity contribution in [2.45, 2.75) is 19.0 Å². The molecule has 3 aromatic carbocycles. The normalized spacial score (nSPS) is 22.8. The van der Waals surface area contributed by atoms with Crippen molar-refractivity contribution in [3.8, 4) is 0 Å². The fourth-order valence-corrected chi connectivity index (χ4v) is 5.80. The zero-order valence-corrected chi connectivity index (χ0v) is 20.7. The second-order valence-corrected chi connectivity index (χ2v) is 9.72. The number of para-hydroxylation sites is 1. The van der Waals surface area contributed by atoms with Crippen molar-refractivity contribution >= 4 is 52.3 Å². The van der Waals surface area contributed by atoms with Gasteiger partial charge in [-0.15, -0.1) is 0 Å². The number of hydrogen-bond acceptors (Lipinski definition) is 7. The van der Waals surface area contributed by atoms with Crippen LogP contribution in [-0.2, 0) is 14.4 Å². The summed E-state index contributed by atoms with van der Waals surface area (Å²) in [5, 5.41) is 13.8. The fourth-order valence-electron chi connectivity index (χ4n) is 5.80. The topological polar surface area (TPSA) is 130 Å². The van der Waals surface area contributed by atoms with E-state index < -0.39 is 46.6 Å². The predicted molar refractivity (Wildman–Crippen MR) is 143 cm³/mol. The molecule has 1 N–H and O–H groups in total. The van der Waals surface area contributed by atoms with E-state index in [2.05, 4.69) is 5.32 Å². The molecule has 3 aromatic rings. The third-order valence-electron chi connectivity index (χ3n) is 7.56. The van der Waals surface area contributed by atoms with Gasteiger partial charge in [-0.2, -0.15) is 0 Å². The Hall–Kier alpha value is -5.12. The minimum atomic E-state index is -1.01. The van der Waals surface area contributed by atoms with Gasteiger partial charge in [0.05, 0.1) is 28.5 Å². The van der Waals surface area contributed by atoms with Crippen LogP contribution in [0.3, 0.4) is 0 Å². The highest BCUT2D eigenvalue weighted by Gasteiger charge is 2.64. The Morgan fingerprint density at radius 1 is 0.897 bits per heavy atom. The number of hydrogen-bond donors (Lipinski definition) is 1. The molecular weight excluding hydrogens is 500 g/mol. The summed E-state index contributed by atoms with van der Waals surface area (Å²) in [6, 6.07) is 17.6. The summed E-state index contributed by atoms with van der Waals surface area (Å²) in [5.74, 6) is -3.32. The molecular formula is C29H22N4O6. The summed E-state index contributed by atoms with van der Waals surface area (Å²) in [4.78, 5) is 66.6. The zero-order valence-electron chi connectivity index (χ0n) is 20.7. The number of Topliss-reactive ketones (excluding diaryl/α,β-unsaturated/α-hetero) is 1. The Morgan fingerprint density at radius 3 is 2.23 bits per heavy atom. The molecule has 3 aliphatic heterocycles. The standard InChI is InChI=1S/C29H22N4O6/c1-16(34)17-6-11-20(12-7-17)31-28(36)24-23-15-8-18-4-2-3-5-22(18)32(23)26(25(24)29(31)37)27(35)30-19-9-13-21(14-10-19)33(38)39/h2-15,23-26H,1H3,(H,30,35)/t23-,24-,25-,26+/m0/s1. The maximum atomic E-state index is 13.9. The molecule has 3 amide bonds. The maximum absolute atomic E-state index is 13.9. The third-order valence-corrected chi connectivity index (χ3v) is 7.56. The van der Waals surface area contributed by atoms with E-state index in [-0.39, 0.29) is 11.5 Å². The number of fused-ring (bicyclic) bond motifs is 5. The van der Waals surface area contributed by atoms with Crippen molar-refractivity contribution in [2.24, 2.45) is 11.8 Å². The lowest BCUT2D eigenvalue weighted by Crippen LogP contribution is -2.50. The van der Waals surface area contributed by atoms with Crippen LogP contribution >= 0.6 is 0 Å². The number of carbonyl (C=O) groups excluding carboxylic acids is 4. The minimum absolute atomic E-state index is 0.118. The number of anilines is 3. The average molecular weight is 523 g/mol. The van der Waals surface area contributed by atoms with Crippen molar-refractivity contribution in [2.75, 3.05) is 15.1 Å². The van der Waals surface area contributed by atoms with Gasteiger partial charge in [0.25, 0.3) is 5.69 Å². The van der Waals surface area contributed by atoms with Crippen LogP contribution in [0.1, 0.15) is 22.8 Å². The molecule has 0 radical (unpaired) electrons. The number of nitrogens with zero attached hydrogens (tertiary/aromatic N) is 3. The number of nitrogens with one attached hydrogen (secondary N) is 1. The SMILES string of the molecule is CC(=O)c1ccc(N2C(=O)[C@@H]3[C@H](C2=O)[C@H](C(=O)Nc2ccc([N+](=O)[O-])cc2)N2c4ccccc4C=C[C@@H]32)cc1. The Bertz CT molecular complexity index is 1580. The van der Waals surface area contributed by atoms with Crippen molar-refractivity contribution in [3.05, 3.63) is 100 Å². The van der Waals surface area contributed by atoms with Crippen LogP contribution < -0.4 is 15.1 Å². The lowest BCUT2D eigenvalue weighted by Gasteiger charge is -2.36. The summed E-state index contributed by atoms with van der Waals surface area (Å²) < 4.78 is 0. The quantitative estimate of drug-likeness (QED) is 0.233. The van der Waals surface area contributed by atoms with Gasteiger partial charge in [-0.3, -0.25) is 29.3 Å². The number of amides is 3. The number of nitro benzene ring substituents is 1. The predicted octanol–water partition coefficient (Wildman–Crippen LogP) is 3.83. The van der Waals surface area contributed by atoms with Crippen LogP contribution in [-0.4, -0.2) is 40.5 Å². The number of ketones is 1. The number of non-ortho nitro benzene ring substituents is 1. The Labute approximate surface area is 222 Å². The van der Waals surface area contributed by atoms with E-state index in [4.69, 9.17) is 0 Å². The molecule has 0 saturated carbocycles. The zero-order chi connectivity index (χ0) is 27.4. The lowest BCUT2D eigenvalue weighted by molar-refractivity contribution is -0.384. The lowest BCUT2D eigenvalue weighted by atomic mass is 9.88. The van der Waals surface area contributed by atoms with Crippen molar-refractivity contribution < 1.29 is 24.1 Å². The highest BCUT2D eigenvalue weighted by atomic mass is 16.6. The smallest absolute Gasteiger partial charge is 0.269 e. The number of carbonyl (C=O) groups is 4. The van der Waals surface area contributed by atoms with Gasteiger partial charge in [-0.25, -0.2) is 4.90 Å². The van der Waals surface area contributed by atoms with E-state index in [0.29, 0.717) is 16.9 Å². The highest BCUT2D eigenvalue weighted by molar-refractivity contribution is 6.25.